The van der Waals surface area contributed by atoms with Crippen molar-refractivity contribution in [2.75, 3.05) is 6.61 Å². The summed E-state index contributed by atoms with van der Waals surface area (Å²) < 4.78 is 11.5. The van der Waals surface area contributed by atoms with Crippen LogP contribution in [0.4, 0.5) is 0 Å². The largest absolute Gasteiger partial charge is 0.487 e. The van der Waals surface area contributed by atoms with Gasteiger partial charge < -0.3 is 14.5 Å². The van der Waals surface area contributed by atoms with Crippen LogP contribution in [0.2, 0.25) is 0 Å². The molecule has 0 unspecified atom stereocenters. The van der Waals surface area contributed by atoms with Gasteiger partial charge in [0.25, 0.3) is 0 Å². The first kappa shape index (κ1) is 13.6. The Morgan fingerprint density at radius 2 is 2.11 bits per heavy atom. The van der Waals surface area contributed by atoms with E-state index in [1.165, 1.54) is 6.33 Å². The first-order valence-corrected chi connectivity index (χ1v) is 6.57. The highest BCUT2D eigenvalue weighted by atomic mass is 79.9. The van der Waals surface area contributed by atoms with Crippen molar-refractivity contribution in [1.29, 1.82) is 0 Å². The maximum absolute atomic E-state index is 11.6. The smallest absolute Gasteiger partial charge is 0.358 e. The molecule has 0 aliphatic carbocycles. The molecule has 1 aromatic heterocycles. The fourth-order valence-corrected chi connectivity index (χ4v) is 1.76. The second-order valence-corrected chi connectivity index (χ2v) is 4.61. The highest BCUT2D eigenvalue weighted by Gasteiger charge is 2.15. The summed E-state index contributed by atoms with van der Waals surface area (Å²) in [4.78, 5) is 18.4. The third-order valence-corrected chi connectivity index (χ3v) is 2.91. The number of carbonyl (C=O) groups excluding carboxylic acids is 1. The fraction of sp³-hybridized carbons (Fsp3) is 0.231. The topological polar surface area (TPSA) is 64.2 Å². The molecule has 0 spiro atoms. The monoisotopic (exact) mass is 324 g/mol. The lowest BCUT2D eigenvalue weighted by atomic mass is 10.3. The van der Waals surface area contributed by atoms with E-state index in [1.54, 1.807) is 6.92 Å². The van der Waals surface area contributed by atoms with E-state index in [-0.39, 0.29) is 12.3 Å². The molecular weight excluding hydrogens is 312 g/mol. The number of aromatic amines is 1. The van der Waals surface area contributed by atoms with E-state index in [1.807, 2.05) is 24.3 Å². The molecule has 0 radical (unpaired) electrons. The van der Waals surface area contributed by atoms with Crippen LogP contribution in [0.25, 0.3) is 0 Å². The summed E-state index contributed by atoms with van der Waals surface area (Å²) in [6.07, 6.45) is 1.45. The molecule has 0 aliphatic rings. The highest BCUT2D eigenvalue weighted by molar-refractivity contribution is 9.10. The molecule has 100 valence electrons. The molecule has 0 amide bonds. The van der Waals surface area contributed by atoms with E-state index in [9.17, 15) is 4.79 Å². The number of hydrogen-bond acceptors (Lipinski definition) is 4. The summed E-state index contributed by atoms with van der Waals surface area (Å²) in [5.41, 5.74) is 0.861. The first-order chi connectivity index (χ1) is 9.20. The van der Waals surface area contributed by atoms with Gasteiger partial charge in [0.05, 0.1) is 18.6 Å². The van der Waals surface area contributed by atoms with E-state index in [2.05, 4.69) is 25.9 Å². The van der Waals surface area contributed by atoms with Gasteiger partial charge in [-0.15, -0.1) is 0 Å². The molecule has 1 N–H and O–H groups in total. The fourth-order valence-electron chi connectivity index (χ4n) is 1.49. The van der Waals surface area contributed by atoms with Crippen molar-refractivity contribution in [2.24, 2.45) is 0 Å². The van der Waals surface area contributed by atoms with Gasteiger partial charge in [0.1, 0.15) is 12.4 Å². The number of nitrogens with zero attached hydrogens (tertiary/aromatic N) is 1. The van der Waals surface area contributed by atoms with Crippen LogP contribution in [0.1, 0.15) is 23.1 Å². The van der Waals surface area contributed by atoms with Crippen LogP contribution in [0.15, 0.2) is 35.1 Å². The van der Waals surface area contributed by atoms with Crippen molar-refractivity contribution in [3.05, 3.63) is 46.5 Å². The van der Waals surface area contributed by atoms with Gasteiger partial charge >= 0.3 is 5.97 Å². The minimum atomic E-state index is -0.446. The molecule has 0 saturated heterocycles. The summed E-state index contributed by atoms with van der Waals surface area (Å²) in [6, 6.07) is 7.44. The Morgan fingerprint density at radius 3 is 2.79 bits per heavy atom. The van der Waals surface area contributed by atoms with Crippen molar-refractivity contribution >= 4 is 21.9 Å². The highest BCUT2D eigenvalue weighted by Crippen LogP contribution is 2.17. The van der Waals surface area contributed by atoms with E-state index in [0.717, 1.165) is 4.47 Å². The number of carbonyl (C=O) groups is 1. The Labute approximate surface area is 119 Å². The molecular formula is C13H13BrN2O3. The Morgan fingerprint density at radius 1 is 1.37 bits per heavy atom. The molecule has 0 bridgehead atoms. The molecule has 2 rings (SSSR count). The number of nitrogens with one attached hydrogen (secondary N) is 1. The lowest BCUT2D eigenvalue weighted by molar-refractivity contribution is 0.0517. The summed E-state index contributed by atoms with van der Waals surface area (Å²) in [5, 5.41) is 0. The molecule has 1 heterocycles. The molecule has 0 saturated carbocycles. The average molecular weight is 325 g/mol. The molecule has 19 heavy (non-hydrogen) atoms. The Kier molecular flexibility index (Phi) is 4.57. The molecule has 5 nitrogen and oxygen atoms in total. The lowest BCUT2D eigenvalue weighted by Crippen LogP contribution is -2.09. The standard InChI is InChI=1S/C13H13BrN2O3/c1-2-18-13(17)12-11(15-8-16-12)7-19-10-5-3-9(14)4-6-10/h3-6,8H,2,7H2,1H3,(H,15,16). The maximum Gasteiger partial charge on any atom is 0.358 e. The summed E-state index contributed by atoms with van der Waals surface area (Å²) in [7, 11) is 0. The molecule has 2 aromatic rings. The number of aromatic nitrogens is 2. The maximum atomic E-state index is 11.6. The van der Waals surface area contributed by atoms with Crippen molar-refractivity contribution in [2.45, 2.75) is 13.5 Å². The molecule has 0 atom stereocenters. The zero-order chi connectivity index (χ0) is 13.7. The van der Waals surface area contributed by atoms with Gasteiger partial charge in [0, 0.05) is 4.47 Å². The first-order valence-electron chi connectivity index (χ1n) is 5.78. The number of hydrogen-bond donors (Lipinski definition) is 1. The molecule has 0 fully saturated rings. The second kappa shape index (κ2) is 6.38. The van der Waals surface area contributed by atoms with Crippen molar-refractivity contribution in [3.63, 3.8) is 0 Å². The average Bonchev–Trinajstić information content (AvgIpc) is 2.87. The normalized spacial score (nSPS) is 10.2. The van der Waals surface area contributed by atoms with Crippen molar-refractivity contribution in [1.82, 2.24) is 9.97 Å². The van der Waals surface area contributed by atoms with Crippen LogP contribution in [-0.4, -0.2) is 22.5 Å². The minimum Gasteiger partial charge on any atom is -0.487 e. The number of rotatable bonds is 5. The number of halogens is 1. The Bertz CT molecular complexity index is 551. The third kappa shape index (κ3) is 3.57. The SMILES string of the molecule is CCOC(=O)c1nc[nH]c1COc1ccc(Br)cc1. The van der Waals surface area contributed by atoms with Gasteiger partial charge in [-0.25, -0.2) is 9.78 Å². The van der Waals surface area contributed by atoms with Crippen LogP contribution >= 0.6 is 15.9 Å². The number of ether oxygens (including phenoxy) is 2. The van der Waals surface area contributed by atoms with E-state index in [0.29, 0.717) is 18.1 Å². The predicted molar refractivity (Wildman–Crippen MR) is 73.0 cm³/mol. The Balaban J connectivity index is 2.02. The van der Waals surface area contributed by atoms with E-state index >= 15 is 0 Å². The minimum absolute atomic E-state index is 0.232. The van der Waals surface area contributed by atoms with Crippen LogP contribution in [0, 0.1) is 0 Å². The van der Waals surface area contributed by atoms with Crippen molar-refractivity contribution in [3.8, 4) is 5.75 Å². The summed E-state index contributed by atoms with van der Waals surface area (Å²) in [6.45, 7) is 2.30. The van der Waals surface area contributed by atoms with Gasteiger partial charge in [0.2, 0.25) is 0 Å². The van der Waals surface area contributed by atoms with Crippen LogP contribution in [0.5, 0.6) is 5.75 Å². The number of benzene rings is 1. The Hall–Kier alpha value is -1.82. The quantitative estimate of drug-likeness (QED) is 0.859. The number of esters is 1. The van der Waals surface area contributed by atoms with Crippen molar-refractivity contribution < 1.29 is 14.3 Å². The predicted octanol–water partition coefficient (Wildman–Crippen LogP) is 2.93. The zero-order valence-electron chi connectivity index (χ0n) is 10.4. The van der Waals surface area contributed by atoms with E-state index in [4.69, 9.17) is 9.47 Å². The van der Waals surface area contributed by atoms with Gasteiger partial charge in [-0.2, -0.15) is 0 Å². The number of H-pyrrole nitrogens is 1. The van der Waals surface area contributed by atoms with E-state index < -0.39 is 5.97 Å². The van der Waals surface area contributed by atoms with Crippen LogP contribution in [-0.2, 0) is 11.3 Å². The second-order valence-electron chi connectivity index (χ2n) is 3.69. The van der Waals surface area contributed by atoms with Gasteiger partial charge in [0.15, 0.2) is 5.69 Å². The molecule has 1 aromatic carbocycles. The summed E-state index contributed by atoms with van der Waals surface area (Å²) >= 11 is 3.35. The van der Waals surface area contributed by atoms with Gasteiger partial charge in [-0.05, 0) is 31.2 Å². The summed E-state index contributed by atoms with van der Waals surface area (Å²) in [5.74, 6) is 0.269. The lowest BCUT2D eigenvalue weighted by Gasteiger charge is -2.06. The van der Waals surface area contributed by atoms with Crippen LogP contribution in [0.3, 0.4) is 0 Å². The van der Waals surface area contributed by atoms with Gasteiger partial charge in [-0.3, -0.25) is 0 Å². The van der Waals surface area contributed by atoms with Crippen LogP contribution < -0.4 is 4.74 Å². The molecule has 0 aliphatic heterocycles. The van der Waals surface area contributed by atoms with Gasteiger partial charge in [-0.1, -0.05) is 15.9 Å². The third-order valence-electron chi connectivity index (χ3n) is 2.38. The molecule has 6 heteroatoms. The zero-order valence-corrected chi connectivity index (χ0v) is 11.9. The number of imidazole rings is 1.